The zero-order valence-electron chi connectivity index (χ0n) is 45.8. The Morgan fingerprint density at radius 2 is 0.779 bits per heavy atom. The molecule has 3 aliphatic rings. The molecule has 0 aliphatic carbocycles. The lowest BCUT2D eigenvalue weighted by Gasteiger charge is -2.11. The van der Waals surface area contributed by atoms with Gasteiger partial charge in [-0.2, -0.15) is 0 Å². The van der Waals surface area contributed by atoms with Gasteiger partial charge in [0.15, 0.2) is 22.4 Å². The van der Waals surface area contributed by atoms with E-state index in [4.69, 9.17) is 19.0 Å². The second kappa shape index (κ2) is 23.6. The number of rotatable bonds is 8. The third kappa shape index (κ3) is 11.7. The summed E-state index contributed by atoms with van der Waals surface area (Å²) >= 11 is 1.32. The molecule has 0 radical (unpaired) electrons. The van der Waals surface area contributed by atoms with E-state index in [-0.39, 0.29) is 87.2 Å². The smallest absolute Gasteiger partial charge is 0.262 e. The molecule has 0 saturated carbocycles. The fourth-order valence-electron chi connectivity index (χ4n) is 9.10. The standard InChI is InChI=1S/C20H15F2N3O4S.C20H15F2N3O2S.C19H14F2N4O2.CH4/c1-10-4-7-15(29-10)18-16-17(23-20(24-18)30(3,27)28)14(25(2)19(16)26)8-11-5-6-12(21)9-13(11)22;1-10-4-7-15(27-10)18-16-17(23-20(24-18)28-3)14(25(2)19(16)26)8-11-5-6-12(21)9-13(11)22;1-9-3-6-14(27-9)17-15-16(23-19(22)24-17)13(25(2)18(15)26)7-10-4-5-11(20)8-12(10)21;/h4-9H,1-3H3;4-9H,1-3H3;3-8H,1-2H3,(H2,22,23,24);1H4/b2*14-8-;13-7-;. The highest BCUT2D eigenvalue weighted by atomic mass is 32.2. The Balaban J connectivity index is 0.000000153. The van der Waals surface area contributed by atoms with Crippen LogP contribution in [0.1, 0.15) is 89.6 Å². The maximum Gasteiger partial charge on any atom is 0.262 e. The van der Waals surface area contributed by atoms with Crippen LogP contribution in [-0.2, 0) is 9.84 Å². The third-order valence-electron chi connectivity index (χ3n) is 13.3. The van der Waals surface area contributed by atoms with Gasteiger partial charge >= 0.3 is 0 Å². The highest BCUT2D eigenvalue weighted by molar-refractivity contribution is 7.98. The quantitative estimate of drug-likeness (QED) is 0.0845. The zero-order chi connectivity index (χ0) is 61.1. The van der Waals surface area contributed by atoms with Crippen LogP contribution in [-0.4, -0.2) is 104 Å². The van der Waals surface area contributed by atoms with Crippen molar-refractivity contribution < 1.29 is 62.4 Å². The maximum absolute atomic E-state index is 14.2. The predicted octanol–water partition coefficient (Wildman–Crippen LogP) is 12.1. The SMILES string of the molecule is C.CSc1nc2c(c(-c3ccc(C)o3)n1)C(=O)N(C)/C2=C\c1ccc(F)cc1F.Cc1ccc(-c2nc(N)nc3c2C(=O)N(C)/C3=C\c2ccc(F)cc2F)o1.Cc1ccc(-c2nc(S(C)(=O)=O)nc3c2C(=O)N(C)/C3=C\c2ccc(F)cc2F)o1. The number of aromatic nitrogens is 6. The molecule has 26 heteroatoms. The van der Waals surface area contributed by atoms with Crippen molar-refractivity contribution in [2.45, 2.75) is 38.5 Å². The summed E-state index contributed by atoms with van der Waals surface area (Å²) < 4.78 is 123. The first-order chi connectivity index (χ1) is 40.3. The summed E-state index contributed by atoms with van der Waals surface area (Å²) in [7, 11) is 0.710. The number of anilines is 1. The number of nitrogen functional groups attached to an aromatic ring is 1. The van der Waals surface area contributed by atoms with Crippen LogP contribution in [0.15, 0.2) is 115 Å². The van der Waals surface area contributed by atoms with E-state index >= 15 is 0 Å². The summed E-state index contributed by atoms with van der Waals surface area (Å²) in [5.74, 6) is -2.73. The van der Waals surface area contributed by atoms with Crippen LogP contribution in [0.2, 0.25) is 0 Å². The Kier molecular flexibility index (Phi) is 16.6. The molecule has 86 heavy (non-hydrogen) atoms. The average Bonchev–Trinajstić information content (AvgIpc) is 1.79. The monoisotopic (exact) mass is 1210 g/mol. The number of fused-ring (bicyclic) bond motifs is 3. The number of halogens is 6. The fourth-order valence-corrected chi connectivity index (χ4v) is 9.98. The van der Waals surface area contributed by atoms with E-state index in [1.165, 1.54) is 77.0 Å². The topological polar surface area (TPSA) is 238 Å². The van der Waals surface area contributed by atoms with Crippen LogP contribution in [0.25, 0.3) is 69.7 Å². The van der Waals surface area contributed by atoms with Crippen molar-refractivity contribution >= 4 is 80.6 Å². The number of hydrogen-bond acceptors (Lipinski definition) is 16. The Hall–Kier alpha value is -9.95. The molecule has 0 spiro atoms. The molecule has 2 N–H and O–H groups in total. The second-order valence-corrected chi connectivity index (χ2v) is 21.9. The molecule has 440 valence electrons. The van der Waals surface area contributed by atoms with Crippen molar-refractivity contribution in [1.29, 1.82) is 0 Å². The summed E-state index contributed by atoms with van der Waals surface area (Å²) in [6.45, 7) is 5.26. The van der Waals surface area contributed by atoms with Crippen molar-refractivity contribution in [2.75, 3.05) is 39.4 Å². The largest absolute Gasteiger partial charge is 0.460 e. The molecule has 0 unspecified atom stereocenters. The first-order valence-electron chi connectivity index (χ1n) is 25.1. The molecule has 6 aromatic heterocycles. The molecular formula is C60H48F6N10O8S2. The van der Waals surface area contributed by atoms with E-state index in [0.29, 0.717) is 68.4 Å². The number of nitrogens with two attached hydrogens (primary N) is 1. The molecule has 0 bridgehead atoms. The molecule has 0 fully saturated rings. The fraction of sp³-hybridized carbons (Fsp3) is 0.150. The van der Waals surface area contributed by atoms with Crippen molar-refractivity contribution in [2.24, 2.45) is 0 Å². The lowest BCUT2D eigenvalue weighted by Crippen LogP contribution is -2.17. The molecule has 12 rings (SSSR count). The minimum atomic E-state index is -3.84. The first-order valence-corrected chi connectivity index (χ1v) is 28.2. The Morgan fingerprint density at radius 3 is 1.10 bits per heavy atom. The van der Waals surface area contributed by atoms with E-state index in [1.807, 2.05) is 6.26 Å². The van der Waals surface area contributed by atoms with Gasteiger partial charge in [0, 0.05) is 62.3 Å². The maximum atomic E-state index is 14.2. The highest BCUT2D eigenvalue weighted by Gasteiger charge is 2.40. The summed E-state index contributed by atoms with van der Waals surface area (Å²) in [5.41, 5.74) is 8.90. The summed E-state index contributed by atoms with van der Waals surface area (Å²) in [4.78, 5) is 68.0. The predicted molar refractivity (Wildman–Crippen MR) is 308 cm³/mol. The lowest BCUT2D eigenvalue weighted by atomic mass is 10.1. The molecule has 9 heterocycles. The van der Waals surface area contributed by atoms with Gasteiger partial charge < -0.3 is 33.7 Å². The summed E-state index contributed by atoms with van der Waals surface area (Å²) in [6.07, 6.45) is 6.96. The molecule has 18 nitrogen and oxygen atoms in total. The Bertz CT molecular complexity index is 4500. The highest BCUT2D eigenvalue weighted by Crippen LogP contribution is 2.42. The van der Waals surface area contributed by atoms with Gasteiger partial charge in [-0.05, 0) is 118 Å². The number of amides is 3. The van der Waals surface area contributed by atoms with Gasteiger partial charge in [0.2, 0.25) is 20.9 Å². The van der Waals surface area contributed by atoms with Crippen LogP contribution >= 0.6 is 11.8 Å². The molecule has 0 atom stereocenters. The molecule has 3 aromatic carbocycles. The number of carbonyl (C=O) groups excluding carboxylic acids is 3. The van der Waals surface area contributed by atoms with Gasteiger partial charge in [0.25, 0.3) is 17.7 Å². The van der Waals surface area contributed by atoms with Crippen LogP contribution in [0.4, 0.5) is 32.3 Å². The number of aryl methyl sites for hydroxylation is 3. The normalized spacial score (nSPS) is 14.8. The van der Waals surface area contributed by atoms with Gasteiger partial charge in [0.1, 0.15) is 86.3 Å². The summed E-state index contributed by atoms with van der Waals surface area (Å²) in [6, 6.07) is 19.7. The number of hydrogen-bond donors (Lipinski definition) is 1. The zero-order valence-corrected chi connectivity index (χ0v) is 47.5. The van der Waals surface area contributed by atoms with Crippen LogP contribution in [0.3, 0.4) is 0 Å². The second-order valence-electron chi connectivity index (χ2n) is 19.2. The van der Waals surface area contributed by atoms with E-state index in [2.05, 4.69) is 29.9 Å². The van der Waals surface area contributed by atoms with Gasteiger partial charge in [-0.15, -0.1) is 0 Å². The lowest BCUT2D eigenvalue weighted by molar-refractivity contribution is 0.0867. The molecule has 3 amide bonds. The minimum Gasteiger partial charge on any atom is -0.460 e. The van der Waals surface area contributed by atoms with Gasteiger partial charge in [-0.1, -0.05) is 19.2 Å². The number of carbonyl (C=O) groups is 3. The minimum absolute atomic E-state index is 0. The van der Waals surface area contributed by atoms with E-state index in [9.17, 15) is 49.1 Å². The van der Waals surface area contributed by atoms with Crippen LogP contribution < -0.4 is 5.73 Å². The van der Waals surface area contributed by atoms with E-state index < -0.39 is 55.8 Å². The molecule has 3 aliphatic heterocycles. The van der Waals surface area contributed by atoms with Crippen LogP contribution in [0, 0.1) is 55.7 Å². The Labute approximate surface area is 491 Å². The number of furan rings is 3. The number of benzene rings is 3. The summed E-state index contributed by atoms with van der Waals surface area (Å²) in [5, 5.41) is -0.0461. The van der Waals surface area contributed by atoms with Gasteiger partial charge in [-0.25, -0.2) is 64.7 Å². The van der Waals surface area contributed by atoms with Crippen LogP contribution in [0.5, 0.6) is 0 Å². The van der Waals surface area contributed by atoms with Gasteiger partial charge in [0.05, 0.1) is 33.8 Å². The van der Waals surface area contributed by atoms with Crippen molar-refractivity contribution in [1.82, 2.24) is 44.6 Å². The van der Waals surface area contributed by atoms with Crippen molar-refractivity contribution in [3.8, 4) is 34.4 Å². The molecule has 9 aromatic rings. The van der Waals surface area contributed by atoms with Crippen molar-refractivity contribution in [3.63, 3.8) is 0 Å². The Morgan fingerprint density at radius 1 is 0.477 bits per heavy atom. The van der Waals surface area contributed by atoms with E-state index in [1.54, 1.807) is 64.2 Å². The number of thioether (sulfide) groups is 1. The van der Waals surface area contributed by atoms with Gasteiger partial charge in [-0.3, -0.25) is 14.4 Å². The molecule has 0 saturated heterocycles. The van der Waals surface area contributed by atoms with Crippen molar-refractivity contribution in [3.05, 3.63) is 194 Å². The molecular weight excluding hydrogens is 1170 g/mol. The number of sulfone groups is 1. The van der Waals surface area contributed by atoms with E-state index in [0.717, 1.165) is 36.6 Å². The number of nitrogens with zero attached hydrogens (tertiary/aromatic N) is 9. The average molecular weight is 1220 g/mol. The first kappa shape index (κ1) is 60.6. The third-order valence-corrected chi connectivity index (χ3v) is 14.7.